The van der Waals surface area contributed by atoms with E-state index < -0.39 is 0 Å². The van der Waals surface area contributed by atoms with Gasteiger partial charge in [-0.2, -0.15) is 0 Å². The number of hydrogen-bond donors (Lipinski definition) is 0. The molecule has 2 heteroatoms. The third-order valence-electron chi connectivity index (χ3n) is 6.39. The van der Waals surface area contributed by atoms with E-state index in [1.54, 1.807) is 0 Å². The molecule has 0 spiro atoms. The lowest BCUT2D eigenvalue weighted by atomic mass is 9.92. The number of benzene rings is 4. The summed E-state index contributed by atoms with van der Waals surface area (Å²) in [6.07, 6.45) is 5.76. The Balaban J connectivity index is 1.59. The molecule has 0 atom stereocenters. The fourth-order valence-corrected chi connectivity index (χ4v) is 4.92. The third kappa shape index (κ3) is 2.92. The van der Waals surface area contributed by atoms with Gasteiger partial charge in [0.2, 0.25) is 0 Å². The molecule has 0 fully saturated rings. The van der Waals surface area contributed by atoms with E-state index in [0.29, 0.717) is 0 Å². The van der Waals surface area contributed by atoms with Gasteiger partial charge >= 0.3 is 0 Å². The van der Waals surface area contributed by atoms with Crippen LogP contribution in [0.3, 0.4) is 0 Å². The summed E-state index contributed by atoms with van der Waals surface area (Å²) >= 11 is 0. The normalized spacial score (nSPS) is 11.3. The monoisotopic (exact) mass is 422 g/mol. The van der Waals surface area contributed by atoms with Crippen LogP contribution in [0.1, 0.15) is 11.1 Å². The molecule has 0 aliphatic rings. The van der Waals surface area contributed by atoms with Crippen molar-refractivity contribution in [2.75, 3.05) is 0 Å². The molecule has 0 aliphatic heterocycles. The van der Waals surface area contributed by atoms with Crippen LogP contribution in [0, 0.1) is 0 Å². The molecule has 0 bridgehead atoms. The summed E-state index contributed by atoms with van der Waals surface area (Å²) in [6, 6.07) is 31.9. The highest BCUT2D eigenvalue weighted by Crippen LogP contribution is 2.36. The van der Waals surface area contributed by atoms with E-state index in [9.17, 15) is 0 Å². The summed E-state index contributed by atoms with van der Waals surface area (Å²) in [5.74, 6) is 0. The van der Waals surface area contributed by atoms with Gasteiger partial charge < -0.3 is 4.57 Å². The Morgan fingerprint density at radius 3 is 1.91 bits per heavy atom. The van der Waals surface area contributed by atoms with Crippen molar-refractivity contribution in [1.82, 2.24) is 9.55 Å². The Labute approximate surface area is 192 Å². The second kappa shape index (κ2) is 7.61. The van der Waals surface area contributed by atoms with Gasteiger partial charge in [0, 0.05) is 16.3 Å². The van der Waals surface area contributed by atoms with Crippen LogP contribution in [0.25, 0.3) is 61.7 Å². The summed E-state index contributed by atoms with van der Waals surface area (Å²) in [7, 11) is 0. The molecule has 6 rings (SSSR count). The van der Waals surface area contributed by atoms with E-state index in [0.717, 1.165) is 33.5 Å². The van der Waals surface area contributed by atoms with Gasteiger partial charge in [-0.3, -0.25) is 4.98 Å². The van der Waals surface area contributed by atoms with Gasteiger partial charge in [-0.25, -0.2) is 0 Å². The van der Waals surface area contributed by atoms with Crippen LogP contribution in [0.4, 0.5) is 0 Å². The average molecular weight is 423 g/mol. The number of aromatic nitrogens is 2. The molecular weight excluding hydrogens is 400 g/mol. The minimum Gasteiger partial charge on any atom is -0.308 e. The van der Waals surface area contributed by atoms with Crippen molar-refractivity contribution in [1.29, 1.82) is 0 Å². The lowest BCUT2D eigenvalue weighted by Crippen LogP contribution is -1.97. The number of fused-ring (bicyclic) bond motifs is 4. The van der Waals surface area contributed by atoms with Crippen molar-refractivity contribution in [2.24, 2.45) is 0 Å². The second-order valence-electron chi connectivity index (χ2n) is 8.16. The molecule has 6 aromatic rings. The molecule has 0 unspecified atom stereocenters. The van der Waals surface area contributed by atoms with Crippen molar-refractivity contribution in [3.63, 3.8) is 0 Å². The maximum Gasteiger partial charge on any atom is 0.0716 e. The quantitative estimate of drug-likeness (QED) is 0.279. The summed E-state index contributed by atoms with van der Waals surface area (Å²) < 4.78 is 2.29. The zero-order chi connectivity index (χ0) is 22.4. The van der Waals surface area contributed by atoms with Crippen LogP contribution >= 0.6 is 0 Å². The van der Waals surface area contributed by atoms with Crippen LogP contribution in [0.2, 0.25) is 0 Å². The molecule has 0 radical (unpaired) electrons. The van der Waals surface area contributed by atoms with E-state index >= 15 is 0 Å². The number of nitrogens with zero attached hydrogens (tertiary/aromatic N) is 2. The molecule has 2 nitrogen and oxygen atoms in total. The first-order valence-electron chi connectivity index (χ1n) is 11.1. The summed E-state index contributed by atoms with van der Waals surface area (Å²) in [6.45, 7) is 8.09. The van der Waals surface area contributed by atoms with Crippen molar-refractivity contribution < 1.29 is 0 Å². The highest BCUT2D eigenvalue weighted by atomic mass is 15.0. The lowest BCUT2D eigenvalue weighted by Gasteiger charge is -2.15. The van der Waals surface area contributed by atoms with E-state index in [4.69, 9.17) is 4.98 Å². The number of rotatable bonds is 4. The van der Waals surface area contributed by atoms with Crippen LogP contribution < -0.4 is 0 Å². The Hall–Kier alpha value is -4.43. The van der Waals surface area contributed by atoms with Crippen LogP contribution in [-0.2, 0) is 0 Å². The van der Waals surface area contributed by atoms with Crippen molar-refractivity contribution in [3.8, 4) is 16.9 Å². The maximum atomic E-state index is 4.95. The maximum absolute atomic E-state index is 4.95. The highest BCUT2D eigenvalue weighted by molar-refractivity contribution is 6.09. The molecule has 33 heavy (non-hydrogen) atoms. The predicted molar refractivity (Wildman–Crippen MR) is 142 cm³/mol. The first-order chi connectivity index (χ1) is 16.3. The van der Waals surface area contributed by atoms with E-state index in [-0.39, 0.29) is 0 Å². The van der Waals surface area contributed by atoms with Gasteiger partial charge in [-0.15, -0.1) is 0 Å². The fraction of sp³-hybridized carbons (Fsp3) is 0. The standard InChI is InChI=1S/C31H22N2/c1-3-21-19-22-11-5-6-12-25(22)31(24(21)4-2)28-18-17-23(20-32-28)33-29-15-9-7-13-26(29)27-14-8-10-16-30(27)33/h3-20H,1-2H2. The smallest absolute Gasteiger partial charge is 0.0716 e. The first-order valence-corrected chi connectivity index (χ1v) is 11.1. The van der Waals surface area contributed by atoms with Crippen molar-refractivity contribution >= 4 is 44.7 Å². The minimum absolute atomic E-state index is 0.925. The third-order valence-corrected chi connectivity index (χ3v) is 6.39. The van der Waals surface area contributed by atoms with Gasteiger partial charge in [0.15, 0.2) is 0 Å². The zero-order valence-electron chi connectivity index (χ0n) is 18.2. The topological polar surface area (TPSA) is 17.8 Å². The van der Waals surface area contributed by atoms with Gasteiger partial charge in [0.25, 0.3) is 0 Å². The Kier molecular flexibility index (Phi) is 4.44. The second-order valence-corrected chi connectivity index (χ2v) is 8.16. The Morgan fingerprint density at radius 2 is 1.30 bits per heavy atom. The first kappa shape index (κ1) is 19.3. The van der Waals surface area contributed by atoms with Crippen molar-refractivity contribution in [3.05, 3.63) is 121 Å². The Bertz CT molecular complexity index is 1630. The molecule has 0 N–H and O–H groups in total. The fourth-order valence-electron chi connectivity index (χ4n) is 4.92. The largest absolute Gasteiger partial charge is 0.308 e. The van der Waals surface area contributed by atoms with Crippen LogP contribution in [0.15, 0.2) is 110 Å². The molecule has 2 heterocycles. The summed E-state index contributed by atoms with van der Waals surface area (Å²) in [4.78, 5) is 4.95. The van der Waals surface area contributed by atoms with Crippen molar-refractivity contribution in [2.45, 2.75) is 0 Å². The van der Waals surface area contributed by atoms with Gasteiger partial charge in [-0.05, 0) is 52.2 Å². The van der Waals surface area contributed by atoms with Gasteiger partial charge in [0.1, 0.15) is 0 Å². The highest BCUT2D eigenvalue weighted by Gasteiger charge is 2.15. The number of pyridine rings is 1. The average Bonchev–Trinajstić information content (AvgIpc) is 3.22. The predicted octanol–water partition coefficient (Wildman–Crippen LogP) is 8.28. The molecule has 0 saturated carbocycles. The Morgan fingerprint density at radius 1 is 0.667 bits per heavy atom. The summed E-state index contributed by atoms with van der Waals surface area (Å²) in [5, 5.41) is 4.82. The molecule has 4 aromatic carbocycles. The van der Waals surface area contributed by atoms with E-state index in [1.807, 2.05) is 18.3 Å². The molecule has 0 amide bonds. The van der Waals surface area contributed by atoms with Crippen LogP contribution in [-0.4, -0.2) is 9.55 Å². The molecular formula is C31H22N2. The zero-order valence-corrected chi connectivity index (χ0v) is 18.2. The number of hydrogen-bond acceptors (Lipinski definition) is 1. The van der Waals surface area contributed by atoms with Gasteiger partial charge in [0.05, 0.1) is 28.6 Å². The molecule has 0 saturated heterocycles. The van der Waals surface area contributed by atoms with E-state index in [2.05, 4.69) is 109 Å². The molecule has 156 valence electrons. The minimum atomic E-state index is 0.925. The molecule has 0 aliphatic carbocycles. The summed E-state index contributed by atoms with van der Waals surface area (Å²) in [5.41, 5.74) is 7.53. The van der Waals surface area contributed by atoms with E-state index in [1.165, 1.54) is 27.2 Å². The number of para-hydroxylation sites is 2. The molecule has 2 aromatic heterocycles. The van der Waals surface area contributed by atoms with Gasteiger partial charge in [-0.1, -0.05) is 86.0 Å². The lowest BCUT2D eigenvalue weighted by molar-refractivity contribution is 1.14. The SMILES string of the molecule is C=Cc1cc2ccccc2c(-c2ccc(-n3c4ccccc4c4ccccc43)cn2)c1C=C. The van der Waals surface area contributed by atoms with Crippen LogP contribution in [0.5, 0.6) is 0 Å².